The van der Waals surface area contributed by atoms with Crippen molar-refractivity contribution in [2.75, 3.05) is 26.9 Å². The van der Waals surface area contributed by atoms with Gasteiger partial charge in [0, 0.05) is 5.54 Å². The van der Waals surface area contributed by atoms with Crippen molar-refractivity contribution < 1.29 is 28.5 Å². The first kappa shape index (κ1) is 16.9. The molecule has 0 saturated heterocycles. The maximum atomic E-state index is 12.1. The van der Waals surface area contributed by atoms with Gasteiger partial charge in [-0.3, -0.25) is 4.79 Å². The lowest BCUT2D eigenvalue weighted by Crippen LogP contribution is -2.42. The maximum Gasteiger partial charge on any atom is 0.338 e. The molecular formula is C16H21NO6. The highest BCUT2D eigenvalue weighted by atomic mass is 16.6. The second-order valence-electron chi connectivity index (χ2n) is 6.08. The molecule has 7 nitrogen and oxygen atoms in total. The molecule has 0 unspecified atom stereocenters. The normalized spacial score (nSPS) is 13.2. The van der Waals surface area contributed by atoms with Gasteiger partial charge in [0.05, 0.1) is 12.7 Å². The summed E-state index contributed by atoms with van der Waals surface area (Å²) in [6, 6.07) is 3.01. The molecule has 0 atom stereocenters. The van der Waals surface area contributed by atoms with Gasteiger partial charge in [0.25, 0.3) is 5.91 Å². The molecule has 126 valence electrons. The molecular weight excluding hydrogens is 302 g/mol. The third kappa shape index (κ3) is 4.51. The van der Waals surface area contributed by atoms with Gasteiger partial charge in [0.1, 0.15) is 13.2 Å². The fourth-order valence-corrected chi connectivity index (χ4v) is 2.06. The number of fused-ring (bicyclic) bond motifs is 1. The molecule has 0 saturated carbocycles. The Morgan fingerprint density at radius 1 is 1.22 bits per heavy atom. The van der Waals surface area contributed by atoms with Crippen LogP contribution in [0.3, 0.4) is 0 Å². The van der Waals surface area contributed by atoms with Crippen molar-refractivity contribution in [1.29, 1.82) is 0 Å². The fraction of sp³-hybridized carbons (Fsp3) is 0.500. The molecule has 1 aromatic rings. The van der Waals surface area contributed by atoms with Crippen molar-refractivity contribution in [3.05, 3.63) is 17.7 Å². The number of rotatable bonds is 4. The van der Waals surface area contributed by atoms with Gasteiger partial charge in [-0.05, 0) is 32.9 Å². The van der Waals surface area contributed by atoms with Crippen LogP contribution in [0.4, 0.5) is 0 Å². The first-order valence-corrected chi connectivity index (χ1v) is 7.26. The number of carbonyl (C=O) groups excluding carboxylic acids is 2. The van der Waals surface area contributed by atoms with E-state index >= 15 is 0 Å². The number of nitrogens with one attached hydrogen (secondary N) is 1. The Kier molecular flexibility index (Phi) is 4.98. The number of carbonyl (C=O) groups is 2. The van der Waals surface area contributed by atoms with Gasteiger partial charge in [-0.15, -0.1) is 0 Å². The highest BCUT2D eigenvalue weighted by Gasteiger charge is 2.22. The Morgan fingerprint density at radius 2 is 1.91 bits per heavy atom. The van der Waals surface area contributed by atoms with Crippen LogP contribution < -0.4 is 19.5 Å². The summed E-state index contributed by atoms with van der Waals surface area (Å²) < 4.78 is 21.1. The summed E-state index contributed by atoms with van der Waals surface area (Å²) in [6.07, 6.45) is 0. The molecule has 2 rings (SSSR count). The monoisotopic (exact) mass is 323 g/mol. The van der Waals surface area contributed by atoms with Crippen molar-refractivity contribution >= 4 is 11.9 Å². The zero-order valence-electron chi connectivity index (χ0n) is 13.7. The largest absolute Gasteiger partial charge is 0.493 e. The first-order valence-electron chi connectivity index (χ1n) is 7.26. The first-order chi connectivity index (χ1) is 10.8. The minimum atomic E-state index is -0.635. The molecule has 1 amide bonds. The van der Waals surface area contributed by atoms with Crippen LogP contribution in [0.15, 0.2) is 12.1 Å². The van der Waals surface area contributed by atoms with Gasteiger partial charge in [-0.1, -0.05) is 0 Å². The summed E-state index contributed by atoms with van der Waals surface area (Å²) >= 11 is 0. The van der Waals surface area contributed by atoms with Crippen LogP contribution in [-0.4, -0.2) is 44.3 Å². The van der Waals surface area contributed by atoms with Gasteiger partial charge in [-0.25, -0.2) is 4.79 Å². The van der Waals surface area contributed by atoms with E-state index in [0.717, 1.165) is 0 Å². The van der Waals surface area contributed by atoms with Crippen LogP contribution in [-0.2, 0) is 9.53 Å². The van der Waals surface area contributed by atoms with Crippen molar-refractivity contribution in [3.63, 3.8) is 0 Å². The van der Waals surface area contributed by atoms with Crippen LogP contribution in [0.1, 0.15) is 31.1 Å². The zero-order chi connectivity index (χ0) is 17.0. The Bertz CT molecular complexity index is 588. The van der Waals surface area contributed by atoms with Gasteiger partial charge < -0.3 is 24.3 Å². The minimum absolute atomic E-state index is 0.231. The summed E-state index contributed by atoms with van der Waals surface area (Å²) in [7, 11) is 1.47. The van der Waals surface area contributed by atoms with E-state index in [0.29, 0.717) is 30.5 Å². The van der Waals surface area contributed by atoms with Crippen molar-refractivity contribution in [2.24, 2.45) is 0 Å². The van der Waals surface area contributed by atoms with Crippen molar-refractivity contribution in [1.82, 2.24) is 5.32 Å². The number of amides is 1. The summed E-state index contributed by atoms with van der Waals surface area (Å²) in [6.45, 7) is 5.99. The Balaban J connectivity index is 2.06. The molecule has 0 bridgehead atoms. The molecule has 0 fully saturated rings. The smallest absolute Gasteiger partial charge is 0.338 e. The van der Waals surface area contributed by atoms with Crippen LogP contribution in [0.2, 0.25) is 0 Å². The van der Waals surface area contributed by atoms with E-state index in [9.17, 15) is 9.59 Å². The number of benzene rings is 1. The van der Waals surface area contributed by atoms with E-state index in [1.54, 1.807) is 0 Å². The molecule has 0 aliphatic carbocycles. The standard InChI is InChI=1S/C16H21NO6/c1-16(2,3)17-13(18)9-23-15(19)10-7-11(20-4)14-12(8-10)21-5-6-22-14/h7-8H,5-6,9H2,1-4H3,(H,17,18). The molecule has 0 spiro atoms. The van der Waals surface area contributed by atoms with Gasteiger partial charge in [0.15, 0.2) is 18.1 Å². The predicted molar refractivity (Wildman–Crippen MR) is 82.2 cm³/mol. The third-order valence-corrected chi connectivity index (χ3v) is 2.91. The van der Waals surface area contributed by atoms with Crippen LogP contribution in [0.25, 0.3) is 0 Å². The second-order valence-corrected chi connectivity index (χ2v) is 6.08. The highest BCUT2D eigenvalue weighted by Crippen LogP contribution is 2.40. The van der Waals surface area contributed by atoms with Gasteiger partial charge in [-0.2, -0.15) is 0 Å². The van der Waals surface area contributed by atoms with E-state index < -0.39 is 5.97 Å². The lowest BCUT2D eigenvalue weighted by Gasteiger charge is -2.21. The number of ether oxygens (including phenoxy) is 4. The molecule has 1 heterocycles. The van der Waals surface area contributed by atoms with E-state index in [4.69, 9.17) is 18.9 Å². The Hall–Kier alpha value is -2.44. The summed E-state index contributed by atoms with van der Waals surface area (Å²) in [4.78, 5) is 23.8. The van der Waals surface area contributed by atoms with E-state index in [1.165, 1.54) is 19.2 Å². The highest BCUT2D eigenvalue weighted by molar-refractivity contribution is 5.93. The molecule has 7 heteroatoms. The average Bonchev–Trinajstić information content (AvgIpc) is 2.49. The number of hydrogen-bond acceptors (Lipinski definition) is 6. The van der Waals surface area contributed by atoms with Gasteiger partial charge >= 0.3 is 5.97 Å². The van der Waals surface area contributed by atoms with Crippen LogP contribution in [0.5, 0.6) is 17.2 Å². The molecule has 1 aromatic carbocycles. The quantitative estimate of drug-likeness (QED) is 0.846. The molecule has 1 aliphatic heterocycles. The minimum Gasteiger partial charge on any atom is -0.493 e. The van der Waals surface area contributed by atoms with Gasteiger partial charge in [0.2, 0.25) is 5.75 Å². The molecule has 1 aliphatic rings. The zero-order valence-corrected chi connectivity index (χ0v) is 13.7. The summed E-state index contributed by atoms with van der Waals surface area (Å²) in [5.74, 6) is 0.260. The number of methoxy groups -OCH3 is 1. The number of hydrogen-bond donors (Lipinski definition) is 1. The van der Waals surface area contributed by atoms with Crippen molar-refractivity contribution in [2.45, 2.75) is 26.3 Å². The fourth-order valence-electron chi connectivity index (χ4n) is 2.06. The molecule has 23 heavy (non-hydrogen) atoms. The lowest BCUT2D eigenvalue weighted by molar-refractivity contribution is -0.125. The van der Waals surface area contributed by atoms with E-state index in [-0.39, 0.29) is 23.6 Å². The van der Waals surface area contributed by atoms with Crippen LogP contribution in [0, 0.1) is 0 Å². The summed E-state index contributed by atoms with van der Waals surface area (Å²) in [5, 5.41) is 2.71. The maximum absolute atomic E-state index is 12.1. The predicted octanol–water partition coefficient (Wildman–Crippen LogP) is 1.54. The Morgan fingerprint density at radius 3 is 2.57 bits per heavy atom. The molecule has 0 radical (unpaired) electrons. The lowest BCUT2D eigenvalue weighted by atomic mass is 10.1. The van der Waals surface area contributed by atoms with Crippen LogP contribution >= 0.6 is 0 Å². The Labute approximate surface area is 134 Å². The molecule has 0 aromatic heterocycles. The molecule has 1 N–H and O–H groups in total. The number of esters is 1. The third-order valence-electron chi connectivity index (χ3n) is 2.91. The summed E-state index contributed by atoms with van der Waals surface area (Å²) in [5.41, 5.74) is -0.154. The van der Waals surface area contributed by atoms with E-state index in [2.05, 4.69) is 5.32 Å². The SMILES string of the molecule is COc1cc(C(=O)OCC(=O)NC(C)(C)C)cc2c1OCCO2. The second kappa shape index (κ2) is 6.76. The van der Waals surface area contributed by atoms with E-state index in [1.807, 2.05) is 20.8 Å². The van der Waals surface area contributed by atoms with Crippen molar-refractivity contribution in [3.8, 4) is 17.2 Å². The average molecular weight is 323 g/mol. The topological polar surface area (TPSA) is 83.1 Å².